The van der Waals surface area contributed by atoms with Gasteiger partial charge >= 0.3 is 0 Å². The van der Waals surface area contributed by atoms with Gasteiger partial charge in [-0.1, -0.05) is 31.5 Å². The summed E-state index contributed by atoms with van der Waals surface area (Å²) in [5.41, 5.74) is 1.34. The molecule has 0 spiro atoms. The van der Waals surface area contributed by atoms with Crippen molar-refractivity contribution in [2.24, 2.45) is 12.0 Å². The van der Waals surface area contributed by atoms with Crippen LogP contribution in [-0.4, -0.2) is 52.4 Å². The maximum absolute atomic E-state index is 13.3. The number of guanidine groups is 1. The average molecular weight is 433 g/mol. The molecule has 10 heteroatoms. The molecule has 8 nitrogen and oxygen atoms in total. The summed E-state index contributed by atoms with van der Waals surface area (Å²) in [7, 11) is 3.56. The molecule has 0 aliphatic rings. The van der Waals surface area contributed by atoms with E-state index in [9.17, 15) is 4.39 Å². The molecule has 0 radical (unpaired) electrons. The highest BCUT2D eigenvalue weighted by Gasteiger charge is 2.24. The molecule has 0 saturated carbocycles. The van der Waals surface area contributed by atoms with Crippen LogP contribution in [0.15, 0.2) is 35.7 Å². The molecule has 2 heterocycles. The van der Waals surface area contributed by atoms with Crippen molar-refractivity contribution >= 4 is 34.4 Å². The number of anilines is 1. The second-order valence-corrected chi connectivity index (χ2v) is 7.92. The van der Waals surface area contributed by atoms with E-state index in [-0.39, 0.29) is 11.2 Å². The Morgan fingerprint density at radius 2 is 2.03 bits per heavy atom. The first-order valence-corrected chi connectivity index (χ1v) is 9.96. The average Bonchev–Trinajstić information content (AvgIpc) is 3.09. The van der Waals surface area contributed by atoms with E-state index < -0.39 is 0 Å². The normalized spacial score (nSPS) is 12.3. The van der Waals surface area contributed by atoms with Crippen LogP contribution in [0.3, 0.4) is 0 Å². The van der Waals surface area contributed by atoms with E-state index in [1.54, 1.807) is 24.0 Å². The van der Waals surface area contributed by atoms with Crippen molar-refractivity contribution < 1.29 is 4.39 Å². The van der Waals surface area contributed by atoms with Crippen LogP contribution in [0.1, 0.15) is 19.4 Å². The molecule has 0 fully saturated rings. The van der Waals surface area contributed by atoms with Gasteiger partial charge in [0.05, 0.1) is 11.6 Å². The Balaban J connectivity index is 1.51. The number of aryl methyl sites for hydroxylation is 1. The number of nitrogens with one attached hydrogen (secondary N) is 3. The van der Waals surface area contributed by atoms with Gasteiger partial charge in [0.15, 0.2) is 11.6 Å². The topological polar surface area (TPSA) is 92.1 Å². The minimum atomic E-state index is -0.343. The fourth-order valence-electron chi connectivity index (χ4n) is 3.12. The molecular formula is C20H26ClFN8. The fourth-order valence-corrected chi connectivity index (χ4v) is 3.55. The zero-order chi connectivity index (χ0) is 21.7. The Morgan fingerprint density at radius 3 is 2.77 bits per heavy atom. The molecule has 0 bridgehead atoms. The van der Waals surface area contributed by atoms with Crippen LogP contribution in [0, 0.1) is 5.82 Å². The van der Waals surface area contributed by atoms with Crippen molar-refractivity contribution in [2.75, 3.05) is 32.0 Å². The molecule has 0 unspecified atom stereocenters. The van der Waals surface area contributed by atoms with Gasteiger partial charge in [0.25, 0.3) is 0 Å². The first-order chi connectivity index (χ1) is 14.3. The Morgan fingerprint density at radius 1 is 1.23 bits per heavy atom. The molecule has 160 valence electrons. The summed E-state index contributed by atoms with van der Waals surface area (Å²) in [5, 5.41) is 15.4. The van der Waals surface area contributed by atoms with Crippen molar-refractivity contribution in [3.05, 3.63) is 47.1 Å². The van der Waals surface area contributed by atoms with Gasteiger partial charge < -0.3 is 16.0 Å². The Bertz CT molecular complexity index is 1050. The zero-order valence-electron chi connectivity index (χ0n) is 17.5. The van der Waals surface area contributed by atoms with Crippen LogP contribution in [0.5, 0.6) is 0 Å². The summed E-state index contributed by atoms with van der Waals surface area (Å²) in [4.78, 5) is 12.8. The van der Waals surface area contributed by atoms with Crippen molar-refractivity contribution in [3.63, 3.8) is 0 Å². The first kappa shape index (κ1) is 21.8. The minimum Gasteiger partial charge on any atom is -0.368 e. The maximum atomic E-state index is 13.3. The van der Waals surface area contributed by atoms with Crippen LogP contribution in [0.4, 0.5) is 10.2 Å². The van der Waals surface area contributed by atoms with E-state index >= 15 is 0 Å². The summed E-state index contributed by atoms with van der Waals surface area (Å²) in [5.74, 6) is 1.06. The van der Waals surface area contributed by atoms with Gasteiger partial charge in [-0.25, -0.2) is 14.4 Å². The molecule has 1 aromatic carbocycles. The van der Waals surface area contributed by atoms with Crippen LogP contribution >= 0.6 is 11.6 Å². The first-order valence-electron chi connectivity index (χ1n) is 9.58. The van der Waals surface area contributed by atoms with Crippen LogP contribution in [-0.2, 0) is 12.5 Å². The number of hydrogen-bond acceptors (Lipinski definition) is 5. The minimum absolute atomic E-state index is 0.312. The molecule has 0 aliphatic carbocycles. The molecule has 3 aromatic rings. The van der Waals surface area contributed by atoms with E-state index in [1.807, 2.05) is 20.9 Å². The third-order valence-corrected chi connectivity index (χ3v) is 5.13. The van der Waals surface area contributed by atoms with Crippen molar-refractivity contribution in [1.82, 2.24) is 30.4 Å². The van der Waals surface area contributed by atoms with E-state index in [4.69, 9.17) is 11.6 Å². The summed E-state index contributed by atoms with van der Waals surface area (Å²) in [6.07, 6.45) is 3.26. The van der Waals surface area contributed by atoms with Crippen molar-refractivity contribution in [2.45, 2.75) is 19.3 Å². The van der Waals surface area contributed by atoms with Gasteiger partial charge in [-0.2, -0.15) is 5.10 Å². The van der Waals surface area contributed by atoms with Gasteiger partial charge in [0.1, 0.15) is 18.0 Å². The van der Waals surface area contributed by atoms with E-state index in [0.29, 0.717) is 30.6 Å². The monoisotopic (exact) mass is 432 g/mol. The highest BCUT2D eigenvalue weighted by Crippen LogP contribution is 2.29. The van der Waals surface area contributed by atoms with Crippen LogP contribution in [0.25, 0.3) is 11.0 Å². The summed E-state index contributed by atoms with van der Waals surface area (Å²) in [6, 6.07) is 4.48. The van der Waals surface area contributed by atoms with Crippen LogP contribution < -0.4 is 16.0 Å². The third kappa shape index (κ3) is 4.96. The lowest BCUT2D eigenvalue weighted by Gasteiger charge is -2.27. The van der Waals surface area contributed by atoms with E-state index in [2.05, 4.69) is 36.0 Å². The fraction of sp³-hybridized carbons (Fsp3) is 0.400. The van der Waals surface area contributed by atoms with Crippen molar-refractivity contribution in [3.8, 4) is 0 Å². The Kier molecular flexibility index (Phi) is 6.71. The quantitative estimate of drug-likeness (QED) is 0.302. The van der Waals surface area contributed by atoms with Crippen LogP contribution in [0.2, 0.25) is 5.02 Å². The Hall–Kier alpha value is -2.94. The second-order valence-electron chi connectivity index (χ2n) is 7.52. The number of benzene rings is 1. The summed E-state index contributed by atoms with van der Waals surface area (Å²) in [6.45, 7) is 5.93. The maximum Gasteiger partial charge on any atom is 0.191 e. The molecular weight excluding hydrogens is 407 g/mol. The highest BCUT2D eigenvalue weighted by molar-refractivity contribution is 6.31. The molecule has 0 aliphatic heterocycles. The third-order valence-electron chi connectivity index (χ3n) is 4.82. The van der Waals surface area contributed by atoms with Gasteiger partial charge in [0, 0.05) is 44.2 Å². The predicted octanol–water partition coefficient (Wildman–Crippen LogP) is 2.71. The van der Waals surface area contributed by atoms with Gasteiger partial charge in [0.2, 0.25) is 0 Å². The number of aromatic nitrogens is 4. The van der Waals surface area contributed by atoms with Gasteiger partial charge in [-0.05, 0) is 17.7 Å². The molecule has 3 N–H and O–H groups in total. The highest BCUT2D eigenvalue weighted by atomic mass is 35.5. The largest absolute Gasteiger partial charge is 0.368 e. The molecule has 30 heavy (non-hydrogen) atoms. The zero-order valence-corrected chi connectivity index (χ0v) is 18.3. The van der Waals surface area contributed by atoms with E-state index in [1.165, 1.54) is 18.5 Å². The SMILES string of the molecule is CN=C(NCCNc1ncnc2c1cnn2C)NCC(C)(C)c1ccc(F)cc1Cl. The van der Waals surface area contributed by atoms with Crippen molar-refractivity contribution in [1.29, 1.82) is 0 Å². The lowest BCUT2D eigenvalue weighted by atomic mass is 9.84. The second kappa shape index (κ2) is 9.25. The predicted molar refractivity (Wildman–Crippen MR) is 119 cm³/mol. The molecule has 0 atom stereocenters. The lowest BCUT2D eigenvalue weighted by Crippen LogP contribution is -2.44. The summed E-state index contributed by atoms with van der Waals surface area (Å²) < 4.78 is 15.0. The van der Waals surface area contributed by atoms with Gasteiger partial charge in [-0.3, -0.25) is 9.67 Å². The molecule has 2 aromatic heterocycles. The standard InChI is InChI=1S/C20H26ClFN8/c1-20(2,15-6-5-13(22)9-16(15)21)11-26-19(23-3)25-8-7-24-17-14-10-29-30(4)18(14)28-12-27-17/h5-6,9-10,12H,7-8,11H2,1-4H3,(H2,23,25,26)(H,24,27,28). The molecule has 0 amide bonds. The van der Waals surface area contributed by atoms with E-state index in [0.717, 1.165) is 22.4 Å². The number of hydrogen-bond donors (Lipinski definition) is 3. The lowest BCUT2D eigenvalue weighted by molar-refractivity contribution is 0.507. The van der Waals surface area contributed by atoms with Gasteiger partial charge in [-0.15, -0.1) is 0 Å². The summed E-state index contributed by atoms with van der Waals surface area (Å²) >= 11 is 6.23. The molecule has 0 saturated heterocycles. The smallest absolute Gasteiger partial charge is 0.191 e. The number of fused-ring (bicyclic) bond motifs is 1. The number of rotatable bonds is 7. The number of halogens is 2. The molecule has 3 rings (SSSR count). The number of nitrogens with zero attached hydrogens (tertiary/aromatic N) is 5. The number of aliphatic imine (C=N–C) groups is 1. The Labute approximate surface area is 180 Å².